The van der Waals surface area contributed by atoms with Crippen molar-refractivity contribution in [2.75, 3.05) is 6.54 Å². The van der Waals surface area contributed by atoms with E-state index in [-0.39, 0.29) is 5.91 Å². The SMILES string of the molecule is CCC(CC)(CN)C(=O)NCc1ccc(COCc2ccccc2)cc1. The van der Waals surface area contributed by atoms with Crippen LogP contribution in [0.4, 0.5) is 0 Å². The second-order valence-electron chi connectivity index (χ2n) is 6.67. The number of carbonyl (C=O) groups excluding carboxylic acids is 1. The van der Waals surface area contributed by atoms with Crippen LogP contribution in [0.3, 0.4) is 0 Å². The Morgan fingerprint density at radius 1 is 0.923 bits per heavy atom. The topological polar surface area (TPSA) is 64.4 Å². The number of rotatable bonds is 10. The van der Waals surface area contributed by atoms with Gasteiger partial charge in [0.1, 0.15) is 0 Å². The number of hydrogen-bond donors (Lipinski definition) is 2. The Kier molecular flexibility index (Phi) is 7.82. The normalized spacial score (nSPS) is 11.3. The van der Waals surface area contributed by atoms with Crippen LogP contribution in [-0.4, -0.2) is 12.5 Å². The summed E-state index contributed by atoms with van der Waals surface area (Å²) >= 11 is 0. The van der Waals surface area contributed by atoms with Gasteiger partial charge < -0.3 is 15.8 Å². The number of nitrogens with one attached hydrogen (secondary N) is 1. The number of carbonyl (C=O) groups is 1. The predicted molar refractivity (Wildman–Crippen MR) is 105 cm³/mol. The molecule has 3 N–H and O–H groups in total. The number of hydrogen-bond acceptors (Lipinski definition) is 3. The smallest absolute Gasteiger partial charge is 0.227 e. The Balaban J connectivity index is 1.81. The van der Waals surface area contributed by atoms with Gasteiger partial charge in [-0.3, -0.25) is 4.79 Å². The Labute approximate surface area is 156 Å². The highest BCUT2D eigenvalue weighted by atomic mass is 16.5. The van der Waals surface area contributed by atoms with E-state index in [9.17, 15) is 4.79 Å². The molecule has 2 aromatic rings. The molecular formula is C22H30N2O2. The molecule has 0 saturated carbocycles. The summed E-state index contributed by atoms with van der Waals surface area (Å²) < 4.78 is 5.75. The molecule has 4 heteroatoms. The third-order valence-corrected chi connectivity index (χ3v) is 5.08. The van der Waals surface area contributed by atoms with E-state index in [1.54, 1.807) is 0 Å². The molecule has 0 aromatic heterocycles. The average molecular weight is 354 g/mol. The zero-order chi connectivity index (χ0) is 18.8. The fourth-order valence-corrected chi connectivity index (χ4v) is 2.94. The minimum atomic E-state index is -0.453. The highest BCUT2D eigenvalue weighted by Gasteiger charge is 2.32. The zero-order valence-electron chi connectivity index (χ0n) is 15.8. The van der Waals surface area contributed by atoms with Gasteiger partial charge in [-0.2, -0.15) is 0 Å². The van der Waals surface area contributed by atoms with Crippen molar-refractivity contribution in [3.63, 3.8) is 0 Å². The maximum absolute atomic E-state index is 12.5. The molecule has 0 spiro atoms. The van der Waals surface area contributed by atoms with Crippen LogP contribution in [0.5, 0.6) is 0 Å². The summed E-state index contributed by atoms with van der Waals surface area (Å²) in [6.07, 6.45) is 1.51. The van der Waals surface area contributed by atoms with Crippen LogP contribution < -0.4 is 11.1 Å². The van der Waals surface area contributed by atoms with Gasteiger partial charge in [-0.1, -0.05) is 68.4 Å². The van der Waals surface area contributed by atoms with Gasteiger partial charge in [-0.25, -0.2) is 0 Å². The number of ether oxygens (including phenoxy) is 1. The van der Waals surface area contributed by atoms with E-state index in [1.807, 2.05) is 56.3 Å². The Morgan fingerprint density at radius 2 is 1.46 bits per heavy atom. The van der Waals surface area contributed by atoms with Gasteiger partial charge in [0.25, 0.3) is 0 Å². The van der Waals surface area contributed by atoms with E-state index < -0.39 is 5.41 Å². The van der Waals surface area contributed by atoms with Crippen molar-refractivity contribution in [1.82, 2.24) is 5.32 Å². The van der Waals surface area contributed by atoms with Crippen LogP contribution in [0.25, 0.3) is 0 Å². The first kappa shape index (κ1) is 20.1. The summed E-state index contributed by atoms with van der Waals surface area (Å²) in [5, 5.41) is 3.03. The second kappa shape index (κ2) is 10.1. The highest BCUT2D eigenvalue weighted by molar-refractivity contribution is 5.82. The summed E-state index contributed by atoms with van der Waals surface area (Å²) in [6, 6.07) is 18.3. The van der Waals surface area contributed by atoms with Crippen molar-refractivity contribution < 1.29 is 9.53 Å². The second-order valence-corrected chi connectivity index (χ2v) is 6.67. The molecule has 0 aliphatic rings. The molecule has 0 bridgehead atoms. The number of benzene rings is 2. The molecule has 0 aliphatic heterocycles. The molecule has 140 valence electrons. The Hall–Kier alpha value is -2.17. The lowest BCUT2D eigenvalue weighted by Crippen LogP contribution is -2.45. The average Bonchev–Trinajstić information content (AvgIpc) is 2.70. The fraction of sp³-hybridized carbons (Fsp3) is 0.409. The van der Waals surface area contributed by atoms with Gasteiger partial charge in [-0.05, 0) is 29.5 Å². The van der Waals surface area contributed by atoms with Crippen molar-refractivity contribution in [1.29, 1.82) is 0 Å². The largest absolute Gasteiger partial charge is 0.372 e. The molecule has 4 nitrogen and oxygen atoms in total. The Morgan fingerprint density at radius 3 is 2.00 bits per heavy atom. The maximum Gasteiger partial charge on any atom is 0.227 e. The molecule has 0 unspecified atom stereocenters. The molecule has 0 radical (unpaired) electrons. The molecule has 1 amide bonds. The van der Waals surface area contributed by atoms with Crippen molar-refractivity contribution in [3.8, 4) is 0 Å². The van der Waals surface area contributed by atoms with Gasteiger partial charge in [-0.15, -0.1) is 0 Å². The minimum absolute atomic E-state index is 0.0419. The van der Waals surface area contributed by atoms with Crippen LogP contribution >= 0.6 is 0 Å². The van der Waals surface area contributed by atoms with Crippen LogP contribution in [0.2, 0.25) is 0 Å². The van der Waals surface area contributed by atoms with Gasteiger partial charge in [0.15, 0.2) is 0 Å². The monoisotopic (exact) mass is 354 g/mol. The summed E-state index contributed by atoms with van der Waals surface area (Å²) in [5.74, 6) is 0.0419. The lowest BCUT2D eigenvalue weighted by molar-refractivity contribution is -0.131. The quantitative estimate of drug-likeness (QED) is 0.682. The first-order valence-electron chi connectivity index (χ1n) is 9.31. The lowest BCUT2D eigenvalue weighted by Gasteiger charge is -2.28. The molecule has 0 fully saturated rings. The van der Waals surface area contributed by atoms with Gasteiger partial charge in [0.05, 0.1) is 18.6 Å². The first-order valence-corrected chi connectivity index (χ1v) is 9.31. The van der Waals surface area contributed by atoms with E-state index in [1.165, 1.54) is 5.56 Å². The summed E-state index contributed by atoms with van der Waals surface area (Å²) in [6.45, 7) is 6.10. The van der Waals surface area contributed by atoms with Crippen LogP contribution in [0.15, 0.2) is 54.6 Å². The highest BCUT2D eigenvalue weighted by Crippen LogP contribution is 2.25. The molecule has 2 rings (SSSR count). The molecule has 0 atom stereocenters. The van der Waals surface area contributed by atoms with Gasteiger partial charge in [0, 0.05) is 13.1 Å². The molecule has 0 heterocycles. The fourth-order valence-electron chi connectivity index (χ4n) is 2.94. The van der Waals surface area contributed by atoms with E-state index in [0.29, 0.717) is 26.3 Å². The third-order valence-electron chi connectivity index (χ3n) is 5.08. The van der Waals surface area contributed by atoms with Crippen LogP contribution in [0.1, 0.15) is 43.4 Å². The van der Waals surface area contributed by atoms with E-state index >= 15 is 0 Å². The summed E-state index contributed by atoms with van der Waals surface area (Å²) in [4.78, 5) is 12.5. The number of amides is 1. The zero-order valence-corrected chi connectivity index (χ0v) is 15.8. The van der Waals surface area contributed by atoms with E-state index in [0.717, 1.165) is 24.0 Å². The molecule has 0 saturated heterocycles. The van der Waals surface area contributed by atoms with Crippen LogP contribution in [0, 0.1) is 5.41 Å². The maximum atomic E-state index is 12.5. The first-order chi connectivity index (χ1) is 12.6. The molecule has 0 aliphatic carbocycles. The van der Waals surface area contributed by atoms with Crippen molar-refractivity contribution in [2.24, 2.45) is 11.1 Å². The minimum Gasteiger partial charge on any atom is -0.372 e. The van der Waals surface area contributed by atoms with Crippen molar-refractivity contribution in [3.05, 3.63) is 71.3 Å². The molecule has 2 aromatic carbocycles. The van der Waals surface area contributed by atoms with E-state index in [2.05, 4.69) is 17.4 Å². The van der Waals surface area contributed by atoms with E-state index in [4.69, 9.17) is 10.5 Å². The lowest BCUT2D eigenvalue weighted by atomic mass is 9.81. The Bertz CT molecular complexity index is 656. The predicted octanol–water partition coefficient (Wildman–Crippen LogP) is 3.78. The van der Waals surface area contributed by atoms with Gasteiger partial charge in [0.2, 0.25) is 5.91 Å². The van der Waals surface area contributed by atoms with Crippen LogP contribution in [-0.2, 0) is 29.3 Å². The third kappa shape index (κ3) is 5.41. The molecule has 26 heavy (non-hydrogen) atoms. The van der Waals surface area contributed by atoms with Crippen molar-refractivity contribution >= 4 is 5.91 Å². The number of nitrogens with two attached hydrogens (primary N) is 1. The summed E-state index contributed by atoms with van der Waals surface area (Å²) in [7, 11) is 0. The van der Waals surface area contributed by atoms with Crippen molar-refractivity contribution in [2.45, 2.75) is 46.4 Å². The standard InChI is InChI=1S/C22H30N2O2/c1-3-22(4-2,17-23)21(25)24-14-18-10-12-20(13-11-18)16-26-15-19-8-6-5-7-9-19/h5-13H,3-4,14-17,23H2,1-2H3,(H,24,25). The molecular weight excluding hydrogens is 324 g/mol. The summed E-state index contributed by atoms with van der Waals surface area (Å²) in [5.41, 5.74) is 8.74. The van der Waals surface area contributed by atoms with Gasteiger partial charge >= 0.3 is 0 Å².